The molecular formula is C9H16GdNO2-. The molecule has 0 aromatic heterocycles. The maximum Gasteiger partial charge on any atom is 0.190 e. The van der Waals surface area contributed by atoms with E-state index in [-0.39, 0.29) is 70.0 Å². The molecule has 3 nitrogen and oxygen atoms in total. The van der Waals surface area contributed by atoms with Gasteiger partial charge in [-0.1, -0.05) is 20.8 Å². The Balaban J connectivity index is 0. The molecule has 0 unspecified atom stereocenters. The normalized spacial score (nSPS) is 10.2. The van der Waals surface area contributed by atoms with E-state index in [0.29, 0.717) is 0 Å². The molecule has 0 atom stereocenters. The van der Waals surface area contributed by atoms with Gasteiger partial charge in [-0.15, -0.1) is 6.42 Å². The summed E-state index contributed by atoms with van der Waals surface area (Å²) in [6, 6.07) is 0. The van der Waals surface area contributed by atoms with Crippen LogP contribution in [-0.2, 0) is 9.59 Å². The molecule has 13 heavy (non-hydrogen) atoms. The number of Topliss-reactive ketones (excluding diaryl/α,β-unsaturated/α-hetero) is 1. The van der Waals surface area contributed by atoms with Gasteiger partial charge in [0.1, 0.15) is 0 Å². The number of ketones is 1. The average Bonchev–Trinajstić information content (AvgIpc) is 1.97. The molecule has 0 fully saturated rings. The summed E-state index contributed by atoms with van der Waals surface area (Å²) in [5.74, 6) is -0.156. The Labute approximate surface area is 112 Å². The second-order valence-corrected chi connectivity index (χ2v) is 3.70. The molecule has 0 saturated carbocycles. The third-order valence-corrected chi connectivity index (χ3v) is 1.51. The zero-order valence-electron chi connectivity index (χ0n) is 8.29. The van der Waals surface area contributed by atoms with Crippen molar-refractivity contribution in [2.24, 2.45) is 5.41 Å². The van der Waals surface area contributed by atoms with Gasteiger partial charge in [0.2, 0.25) is 0 Å². The molecule has 0 saturated heterocycles. The smallest absolute Gasteiger partial charge is 0.190 e. The standard InChI is InChI=1S/C9H16NO2.Gd/c1-5-8(12)10-6-7(11)9(2,3)4;/h1,5-6H2,2-4H3,(H,10,12);/q-1;. The Bertz CT molecular complexity index is 185. The predicted octanol–water partition coefficient (Wildman–Crippen LogP) is 0.942. The van der Waals surface area contributed by atoms with E-state index in [1.54, 1.807) is 0 Å². The van der Waals surface area contributed by atoms with E-state index in [1.807, 2.05) is 20.8 Å². The van der Waals surface area contributed by atoms with Crippen molar-refractivity contribution in [1.82, 2.24) is 5.32 Å². The van der Waals surface area contributed by atoms with Crippen LogP contribution in [0.3, 0.4) is 0 Å². The molecule has 4 heteroatoms. The Hall–Kier alpha value is 0.465. The van der Waals surface area contributed by atoms with Crippen molar-refractivity contribution in [3.63, 3.8) is 0 Å². The Morgan fingerprint density at radius 2 is 1.77 bits per heavy atom. The molecule has 0 radical (unpaired) electrons. The molecule has 0 aromatic rings. The van der Waals surface area contributed by atoms with Gasteiger partial charge in [-0.25, -0.2) is 0 Å². The molecule has 0 aliphatic heterocycles. The molecule has 0 rings (SSSR count). The van der Waals surface area contributed by atoms with Crippen molar-refractivity contribution in [3.05, 3.63) is 6.92 Å². The van der Waals surface area contributed by atoms with Crippen LogP contribution in [0.25, 0.3) is 0 Å². The molecule has 1 amide bonds. The number of nitrogens with one attached hydrogen (secondary N) is 1. The maximum atomic E-state index is 11.2. The van der Waals surface area contributed by atoms with Gasteiger partial charge in [0, 0.05) is 45.4 Å². The third-order valence-electron chi connectivity index (χ3n) is 1.51. The van der Waals surface area contributed by atoms with Crippen LogP contribution >= 0.6 is 0 Å². The summed E-state index contributed by atoms with van der Waals surface area (Å²) < 4.78 is 0. The second-order valence-electron chi connectivity index (χ2n) is 3.70. The van der Waals surface area contributed by atoms with Gasteiger partial charge in [0.05, 0.1) is 6.54 Å². The molecule has 0 bridgehead atoms. The minimum atomic E-state index is -0.381. The molecule has 0 aliphatic rings. The van der Waals surface area contributed by atoms with Crippen molar-refractivity contribution in [3.8, 4) is 0 Å². The Morgan fingerprint density at radius 3 is 2.08 bits per heavy atom. The predicted molar refractivity (Wildman–Crippen MR) is 47.4 cm³/mol. The first kappa shape index (κ1) is 15.9. The van der Waals surface area contributed by atoms with E-state index in [2.05, 4.69) is 12.2 Å². The van der Waals surface area contributed by atoms with Gasteiger partial charge < -0.3 is 12.2 Å². The first-order valence-corrected chi connectivity index (χ1v) is 3.97. The molecule has 1 N–H and O–H groups in total. The Morgan fingerprint density at radius 1 is 1.31 bits per heavy atom. The van der Waals surface area contributed by atoms with Crippen LogP contribution in [0.15, 0.2) is 0 Å². The van der Waals surface area contributed by atoms with Gasteiger partial charge in [-0.2, -0.15) is 0 Å². The van der Waals surface area contributed by atoms with Crippen LogP contribution in [-0.4, -0.2) is 18.2 Å². The molecule has 0 spiro atoms. The fraction of sp³-hybridized carbons (Fsp3) is 0.667. The van der Waals surface area contributed by atoms with E-state index in [1.165, 1.54) is 0 Å². The summed E-state index contributed by atoms with van der Waals surface area (Å²) in [4.78, 5) is 22.0. The van der Waals surface area contributed by atoms with Crippen LogP contribution in [0.4, 0.5) is 0 Å². The van der Waals surface area contributed by atoms with E-state index in [9.17, 15) is 9.59 Å². The SMILES string of the molecule is [CH2-]CC(=O)NCC(=O)C(C)(C)C.[Gd]. The topological polar surface area (TPSA) is 46.2 Å². The molecular weight excluding hydrogens is 311 g/mol. The molecule has 0 aromatic carbocycles. The fourth-order valence-corrected chi connectivity index (χ4v) is 0.532. The van der Waals surface area contributed by atoms with Crippen LogP contribution < -0.4 is 5.32 Å². The number of hydrogen-bond acceptors (Lipinski definition) is 2. The quantitative estimate of drug-likeness (QED) is 0.784. The molecule has 0 heterocycles. The zero-order chi connectivity index (χ0) is 9.78. The van der Waals surface area contributed by atoms with Crippen molar-refractivity contribution in [2.45, 2.75) is 27.2 Å². The van der Waals surface area contributed by atoms with E-state index >= 15 is 0 Å². The summed E-state index contributed by atoms with van der Waals surface area (Å²) in [5.41, 5.74) is -0.381. The van der Waals surface area contributed by atoms with Crippen molar-refractivity contribution in [2.75, 3.05) is 6.54 Å². The third kappa shape index (κ3) is 7.53. The van der Waals surface area contributed by atoms with E-state index in [0.717, 1.165) is 0 Å². The van der Waals surface area contributed by atoms with Crippen LogP contribution in [0.1, 0.15) is 27.2 Å². The first-order chi connectivity index (χ1) is 5.38. The van der Waals surface area contributed by atoms with Gasteiger partial charge in [0.25, 0.3) is 0 Å². The summed E-state index contributed by atoms with van der Waals surface area (Å²) in [5, 5.41) is 2.49. The number of carbonyl (C=O) groups excluding carboxylic acids is 2. The molecule has 0 aliphatic carbocycles. The van der Waals surface area contributed by atoms with Crippen LogP contribution in [0.5, 0.6) is 0 Å². The molecule has 78 valence electrons. The largest absolute Gasteiger partial charge is 0.351 e. The van der Waals surface area contributed by atoms with Crippen molar-refractivity contribution in [1.29, 1.82) is 0 Å². The summed E-state index contributed by atoms with van der Waals surface area (Å²) in [6.07, 6.45) is 0.178. The van der Waals surface area contributed by atoms with Crippen molar-refractivity contribution < 1.29 is 49.5 Å². The number of amides is 1. The second kappa shape index (κ2) is 6.85. The summed E-state index contributed by atoms with van der Waals surface area (Å²) in [7, 11) is 0. The minimum absolute atomic E-state index is 0. The zero-order valence-corrected chi connectivity index (χ0v) is 10.6. The number of carbonyl (C=O) groups is 2. The van der Waals surface area contributed by atoms with Crippen LogP contribution in [0.2, 0.25) is 0 Å². The number of rotatable bonds is 3. The summed E-state index contributed by atoms with van der Waals surface area (Å²) >= 11 is 0. The van der Waals surface area contributed by atoms with Gasteiger partial charge in [0.15, 0.2) is 11.7 Å². The van der Waals surface area contributed by atoms with E-state index < -0.39 is 0 Å². The van der Waals surface area contributed by atoms with Gasteiger partial charge in [-0.3, -0.25) is 9.59 Å². The Kier molecular flexibility index (Phi) is 8.39. The fourth-order valence-electron chi connectivity index (χ4n) is 0.532. The maximum absolute atomic E-state index is 11.2. The average molecular weight is 327 g/mol. The van der Waals surface area contributed by atoms with E-state index in [4.69, 9.17) is 0 Å². The first-order valence-electron chi connectivity index (χ1n) is 3.97. The number of hydrogen-bond donors (Lipinski definition) is 1. The van der Waals surface area contributed by atoms with Crippen molar-refractivity contribution >= 4 is 11.7 Å². The van der Waals surface area contributed by atoms with Crippen LogP contribution in [0, 0.1) is 52.3 Å². The summed E-state index contributed by atoms with van der Waals surface area (Å²) in [6.45, 7) is 8.99. The minimum Gasteiger partial charge on any atom is -0.351 e. The monoisotopic (exact) mass is 328 g/mol. The van der Waals surface area contributed by atoms with Gasteiger partial charge >= 0.3 is 0 Å². The van der Waals surface area contributed by atoms with Gasteiger partial charge in [-0.05, 0) is 0 Å².